The number of H-pyrrole nitrogens is 1. The number of oxazole rings is 1. The summed E-state index contributed by atoms with van der Waals surface area (Å²) in [7, 11) is 2.22. The maximum absolute atomic E-state index is 11.3. The summed E-state index contributed by atoms with van der Waals surface area (Å²) < 4.78 is 5.21. The van der Waals surface area contributed by atoms with Gasteiger partial charge in [0.05, 0.1) is 5.52 Å². The fourth-order valence-corrected chi connectivity index (χ4v) is 4.13. The summed E-state index contributed by atoms with van der Waals surface area (Å²) in [4.78, 5) is 16.5. The van der Waals surface area contributed by atoms with Gasteiger partial charge in [-0.2, -0.15) is 0 Å². The second-order valence-corrected chi connectivity index (χ2v) is 7.53. The van der Waals surface area contributed by atoms with Gasteiger partial charge in [0, 0.05) is 12.6 Å². The molecule has 1 saturated carbocycles. The Kier molecular flexibility index (Phi) is 5.26. The van der Waals surface area contributed by atoms with Crippen LogP contribution < -0.4 is 5.76 Å². The zero-order valence-corrected chi connectivity index (χ0v) is 15.7. The molecule has 0 atom stereocenters. The molecule has 0 unspecified atom stereocenters. The topological polar surface area (TPSA) is 49.2 Å². The Morgan fingerprint density at radius 3 is 2.67 bits per heavy atom. The SMILES string of the molecule is CN(C/C=C/c1ccccc1)[C@H]1CC[C@H](c2ccc3[nH]c(=O)oc3c2)CC1. The molecule has 1 heterocycles. The molecule has 0 radical (unpaired) electrons. The van der Waals surface area contributed by atoms with Crippen molar-refractivity contribution < 1.29 is 4.42 Å². The predicted octanol–water partition coefficient (Wildman–Crippen LogP) is 4.79. The maximum Gasteiger partial charge on any atom is 0.417 e. The van der Waals surface area contributed by atoms with Crippen LogP contribution in [0, 0.1) is 0 Å². The number of rotatable bonds is 5. The number of aromatic amines is 1. The Morgan fingerprint density at radius 1 is 1.11 bits per heavy atom. The molecule has 0 aliphatic heterocycles. The molecule has 0 saturated heterocycles. The minimum Gasteiger partial charge on any atom is -0.408 e. The van der Waals surface area contributed by atoms with Gasteiger partial charge in [0.15, 0.2) is 5.58 Å². The number of aromatic nitrogens is 1. The van der Waals surface area contributed by atoms with Crippen molar-refractivity contribution in [2.75, 3.05) is 13.6 Å². The van der Waals surface area contributed by atoms with Crippen LogP contribution in [0.15, 0.2) is 63.8 Å². The first-order chi connectivity index (χ1) is 13.2. The maximum atomic E-state index is 11.3. The van der Waals surface area contributed by atoms with Gasteiger partial charge in [0.25, 0.3) is 0 Å². The van der Waals surface area contributed by atoms with Crippen LogP contribution in [0.5, 0.6) is 0 Å². The van der Waals surface area contributed by atoms with E-state index in [1.54, 1.807) is 0 Å². The Balaban J connectivity index is 1.32. The van der Waals surface area contributed by atoms with Gasteiger partial charge in [-0.1, -0.05) is 48.6 Å². The van der Waals surface area contributed by atoms with Crippen molar-refractivity contribution in [3.05, 3.63) is 76.3 Å². The van der Waals surface area contributed by atoms with E-state index in [1.165, 1.54) is 36.8 Å². The van der Waals surface area contributed by atoms with Crippen molar-refractivity contribution in [1.29, 1.82) is 0 Å². The molecule has 27 heavy (non-hydrogen) atoms. The van der Waals surface area contributed by atoms with Gasteiger partial charge < -0.3 is 4.42 Å². The van der Waals surface area contributed by atoms with Gasteiger partial charge in [0.1, 0.15) is 0 Å². The first-order valence-corrected chi connectivity index (χ1v) is 9.73. The van der Waals surface area contributed by atoms with Gasteiger partial charge in [0.2, 0.25) is 0 Å². The third kappa shape index (κ3) is 4.22. The highest BCUT2D eigenvalue weighted by molar-refractivity contribution is 5.72. The lowest BCUT2D eigenvalue weighted by Crippen LogP contribution is -2.34. The minimum atomic E-state index is -0.379. The summed E-state index contributed by atoms with van der Waals surface area (Å²) in [5, 5.41) is 0. The number of hydrogen-bond donors (Lipinski definition) is 1. The summed E-state index contributed by atoms with van der Waals surface area (Å²) in [6, 6.07) is 17.2. The zero-order chi connectivity index (χ0) is 18.6. The van der Waals surface area contributed by atoms with Crippen LogP contribution >= 0.6 is 0 Å². The number of benzene rings is 2. The molecule has 4 heteroatoms. The molecule has 4 rings (SSSR count). The molecular weight excluding hydrogens is 336 g/mol. The normalized spacial score (nSPS) is 20.7. The lowest BCUT2D eigenvalue weighted by molar-refractivity contribution is 0.198. The van der Waals surface area contributed by atoms with Crippen molar-refractivity contribution in [2.24, 2.45) is 0 Å². The van der Waals surface area contributed by atoms with Crippen LogP contribution in [0.4, 0.5) is 0 Å². The van der Waals surface area contributed by atoms with E-state index in [0.717, 1.165) is 12.1 Å². The summed E-state index contributed by atoms with van der Waals surface area (Å²) >= 11 is 0. The predicted molar refractivity (Wildman–Crippen MR) is 110 cm³/mol. The van der Waals surface area contributed by atoms with Crippen molar-refractivity contribution in [2.45, 2.75) is 37.6 Å². The highest BCUT2D eigenvalue weighted by atomic mass is 16.4. The summed E-state index contributed by atoms with van der Waals surface area (Å²) in [6.07, 6.45) is 9.21. The second-order valence-electron chi connectivity index (χ2n) is 7.53. The highest BCUT2D eigenvalue weighted by Gasteiger charge is 2.24. The first kappa shape index (κ1) is 17.8. The Labute approximate surface area is 159 Å². The Morgan fingerprint density at radius 2 is 1.89 bits per heavy atom. The van der Waals surface area contributed by atoms with Crippen molar-refractivity contribution in [1.82, 2.24) is 9.88 Å². The summed E-state index contributed by atoms with van der Waals surface area (Å²) in [5.74, 6) is 0.176. The van der Waals surface area contributed by atoms with E-state index in [2.05, 4.69) is 59.4 Å². The van der Waals surface area contributed by atoms with Crippen molar-refractivity contribution in [3.8, 4) is 0 Å². The molecule has 1 aromatic heterocycles. The van der Waals surface area contributed by atoms with Crippen LogP contribution in [0.1, 0.15) is 42.7 Å². The molecule has 1 N–H and O–H groups in total. The van der Waals surface area contributed by atoms with Crippen LogP contribution in [-0.2, 0) is 0 Å². The van der Waals surface area contributed by atoms with Crippen LogP contribution in [0.3, 0.4) is 0 Å². The van der Waals surface area contributed by atoms with E-state index in [4.69, 9.17) is 4.42 Å². The number of likely N-dealkylation sites (N-methyl/N-ethyl adjacent to an activating group) is 1. The molecule has 2 aromatic carbocycles. The summed E-state index contributed by atoms with van der Waals surface area (Å²) in [6.45, 7) is 0.977. The van der Waals surface area contributed by atoms with Gasteiger partial charge in [-0.15, -0.1) is 0 Å². The van der Waals surface area contributed by atoms with E-state index in [-0.39, 0.29) is 5.76 Å². The van der Waals surface area contributed by atoms with Crippen molar-refractivity contribution in [3.63, 3.8) is 0 Å². The molecular formula is C23H26N2O2. The third-order valence-corrected chi connectivity index (χ3v) is 5.74. The van der Waals surface area contributed by atoms with E-state index in [1.807, 2.05) is 18.2 Å². The lowest BCUT2D eigenvalue weighted by atomic mass is 9.81. The molecule has 140 valence electrons. The van der Waals surface area contributed by atoms with Crippen LogP contribution in [-0.4, -0.2) is 29.5 Å². The lowest BCUT2D eigenvalue weighted by Gasteiger charge is -2.34. The standard InChI is InChI=1S/C23H26N2O2/c1-25(15-5-8-17-6-3-2-4-7-17)20-12-9-18(10-13-20)19-11-14-21-22(16-19)27-23(26)24-21/h2-8,11,14,16,18,20H,9-10,12-13,15H2,1H3,(H,24,26)/b8-5+/t18-,20-. The molecule has 0 spiro atoms. The number of nitrogens with zero attached hydrogens (tertiary/aromatic N) is 1. The molecule has 1 aliphatic carbocycles. The minimum absolute atomic E-state index is 0.379. The van der Waals surface area contributed by atoms with Crippen LogP contribution in [0.2, 0.25) is 0 Å². The van der Waals surface area contributed by atoms with E-state index >= 15 is 0 Å². The summed E-state index contributed by atoms with van der Waals surface area (Å²) in [5.41, 5.74) is 3.99. The molecule has 1 fully saturated rings. The Bertz CT molecular complexity index is 963. The highest BCUT2D eigenvalue weighted by Crippen LogP contribution is 2.35. The largest absolute Gasteiger partial charge is 0.417 e. The molecule has 0 bridgehead atoms. The quantitative estimate of drug-likeness (QED) is 0.710. The molecule has 3 aromatic rings. The third-order valence-electron chi connectivity index (χ3n) is 5.74. The molecule has 4 nitrogen and oxygen atoms in total. The molecule has 0 amide bonds. The average molecular weight is 362 g/mol. The zero-order valence-electron chi connectivity index (χ0n) is 15.7. The number of hydrogen-bond acceptors (Lipinski definition) is 3. The molecule has 1 aliphatic rings. The average Bonchev–Trinajstić information content (AvgIpc) is 3.08. The van der Waals surface area contributed by atoms with E-state index in [9.17, 15) is 4.79 Å². The second kappa shape index (κ2) is 7.97. The first-order valence-electron chi connectivity index (χ1n) is 9.73. The number of fused-ring (bicyclic) bond motifs is 1. The van der Waals surface area contributed by atoms with Crippen molar-refractivity contribution >= 4 is 17.2 Å². The van der Waals surface area contributed by atoms with E-state index in [0.29, 0.717) is 17.5 Å². The fourth-order valence-electron chi connectivity index (χ4n) is 4.13. The van der Waals surface area contributed by atoms with Gasteiger partial charge in [-0.05, 0) is 61.9 Å². The Hall–Kier alpha value is -2.59. The van der Waals surface area contributed by atoms with Gasteiger partial charge in [-0.25, -0.2) is 4.79 Å². The smallest absolute Gasteiger partial charge is 0.408 e. The number of nitrogens with one attached hydrogen (secondary N) is 1. The van der Waals surface area contributed by atoms with Crippen LogP contribution in [0.25, 0.3) is 17.2 Å². The van der Waals surface area contributed by atoms with E-state index < -0.39 is 0 Å². The van der Waals surface area contributed by atoms with Gasteiger partial charge in [-0.3, -0.25) is 9.88 Å². The fraction of sp³-hybridized carbons (Fsp3) is 0.348. The monoisotopic (exact) mass is 362 g/mol. The van der Waals surface area contributed by atoms with Gasteiger partial charge >= 0.3 is 5.76 Å².